The van der Waals surface area contributed by atoms with Crippen LogP contribution in [0.25, 0.3) is 0 Å². The van der Waals surface area contributed by atoms with E-state index >= 15 is 0 Å². The maximum absolute atomic E-state index is 13.0. The number of halogens is 4. The highest BCUT2D eigenvalue weighted by Gasteiger charge is 2.31. The molecular formula is C26H27ClF3N5O3. The SMILES string of the molecule is Cl.O=C(Nc1cccc(C(F)(F)F)c1)N1CCc2cc(Oc3cc(CNC4CCOCC4)ncn3)ccc21. The van der Waals surface area contributed by atoms with Crippen LogP contribution in [0.1, 0.15) is 29.7 Å². The summed E-state index contributed by atoms with van der Waals surface area (Å²) in [5.41, 5.74) is 1.66. The number of aromatic nitrogens is 2. The Kier molecular flexibility index (Phi) is 8.70. The van der Waals surface area contributed by atoms with Crippen molar-refractivity contribution in [3.05, 3.63) is 71.7 Å². The molecule has 0 unspecified atom stereocenters. The number of rotatable bonds is 6. The lowest BCUT2D eigenvalue weighted by molar-refractivity contribution is -0.137. The van der Waals surface area contributed by atoms with Gasteiger partial charge in [-0.1, -0.05) is 6.07 Å². The van der Waals surface area contributed by atoms with Gasteiger partial charge >= 0.3 is 12.2 Å². The fourth-order valence-electron chi connectivity index (χ4n) is 4.42. The number of hydrogen-bond acceptors (Lipinski definition) is 6. The smallest absolute Gasteiger partial charge is 0.416 e. The van der Waals surface area contributed by atoms with Crippen molar-refractivity contribution in [2.45, 2.75) is 38.0 Å². The van der Waals surface area contributed by atoms with Gasteiger partial charge in [0.1, 0.15) is 12.1 Å². The van der Waals surface area contributed by atoms with Gasteiger partial charge in [0.25, 0.3) is 0 Å². The zero-order valence-electron chi connectivity index (χ0n) is 20.3. The van der Waals surface area contributed by atoms with Crippen LogP contribution in [0, 0.1) is 0 Å². The van der Waals surface area contributed by atoms with Gasteiger partial charge in [0, 0.05) is 49.8 Å². The van der Waals surface area contributed by atoms with Crippen LogP contribution in [0.5, 0.6) is 11.6 Å². The fraction of sp³-hybridized carbons (Fsp3) is 0.346. The monoisotopic (exact) mass is 549 g/mol. The summed E-state index contributed by atoms with van der Waals surface area (Å²) in [5, 5.41) is 6.04. The Labute approximate surface area is 224 Å². The average Bonchev–Trinajstić information content (AvgIpc) is 3.31. The molecule has 5 rings (SSSR count). The van der Waals surface area contributed by atoms with Crippen LogP contribution >= 0.6 is 12.4 Å². The van der Waals surface area contributed by atoms with Crippen LogP contribution in [-0.2, 0) is 23.9 Å². The Morgan fingerprint density at radius 1 is 1.11 bits per heavy atom. The largest absolute Gasteiger partial charge is 0.439 e. The van der Waals surface area contributed by atoms with Crippen molar-refractivity contribution in [1.82, 2.24) is 15.3 Å². The van der Waals surface area contributed by atoms with Gasteiger partial charge in [0.15, 0.2) is 0 Å². The summed E-state index contributed by atoms with van der Waals surface area (Å²) in [6.07, 6.45) is -0.490. The first-order valence-electron chi connectivity index (χ1n) is 12.0. The first-order valence-corrected chi connectivity index (χ1v) is 12.0. The highest BCUT2D eigenvalue weighted by Crippen LogP contribution is 2.34. The Balaban J connectivity index is 0.00000336. The summed E-state index contributed by atoms with van der Waals surface area (Å²) in [4.78, 5) is 22.8. The molecule has 1 fully saturated rings. The number of anilines is 2. The number of ether oxygens (including phenoxy) is 2. The second-order valence-corrected chi connectivity index (χ2v) is 8.92. The van der Waals surface area contributed by atoms with Crippen LogP contribution in [0.3, 0.4) is 0 Å². The number of nitrogens with one attached hydrogen (secondary N) is 2. The van der Waals surface area contributed by atoms with Gasteiger partial charge in [0.2, 0.25) is 5.88 Å². The maximum atomic E-state index is 13.0. The second kappa shape index (κ2) is 12.0. The molecule has 2 aliphatic rings. The third-order valence-electron chi connectivity index (χ3n) is 6.35. The number of benzene rings is 2. The minimum absolute atomic E-state index is 0. The lowest BCUT2D eigenvalue weighted by Crippen LogP contribution is -2.34. The first-order chi connectivity index (χ1) is 17.8. The highest BCUT2D eigenvalue weighted by atomic mass is 35.5. The minimum Gasteiger partial charge on any atom is -0.439 e. The molecule has 0 radical (unpaired) electrons. The van der Waals surface area contributed by atoms with Crippen LogP contribution in [0.15, 0.2) is 54.9 Å². The fourth-order valence-corrected chi connectivity index (χ4v) is 4.42. The number of fused-ring (bicyclic) bond motifs is 1. The van der Waals surface area contributed by atoms with Crippen molar-refractivity contribution in [1.29, 1.82) is 0 Å². The summed E-state index contributed by atoms with van der Waals surface area (Å²) in [5.74, 6) is 0.983. The van der Waals surface area contributed by atoms with Crippen molar-refractivity contribution >= 4 is 29.8 Å². The number of alkyl halides is 3. The third-order valence-corrected chi connectivity index (χ3v) is 6.35. The number of carbonyl (C=O) groups is 1. The van der Waals surface area contributed by atoms with E-state index in [0.29, 0.717) is 42.9 Å². The summed E-state index contributed by atoms with van der Waals surface area (Å²) in [6, 6.07) is 11.6. The van der Waals surface area contributed by atoms with Crippen molar-refractivity contribution in [3.8, 4) is 11.6 Å². The topological polar surface area (TPSA) is 88.6 Å². The van der Waals surface area contributed by atoms with Crippen LogP contribution in [0.2, 0.25) is 0 Å². The van der Waals surface area contributed by atoms with Crippen LogP contribution in [0.4, 0.5) is 29.3 Å². The summed E-state index contributed by atoms with van der Waals surface area (Å²) < 4.78 is 50.3. The number of urea groups is 1. The zero-order valence-corrected chi connectivity index (χ0v) is 21.1. The number of hydrogen-bond donors (Lipinski definition) is 2. The molecule has 0 spiro atoms. The Morgan fingerprint density at radius 3 is 2.71 bits per heavy atom. The molecule has 0 aliphatic carbocycles. The quantitative estimate of drug-likeness (QED) is 0.418. The van der Waals surface area contributed by atoms with Gasteiger partial charge in [-0.2, -0.15) is 13.2 Å². The predicted octanol–water partition coefficient (Wildman–Crippen LogP) is 5.57. The van der Waals surface area contributed by atoms with E-state index in [4.69, 9.17) is 9.47 Å². The van der Waals surface area contributed by atoms with E-state index in [-0.39, 0.29) is 18.1 Å². The highest BCUT2D eigenvalue weighted by molar-refractivity contribution is 6.03. The van der Waals surface area contributed by atoms with Crippen molar-refractivity contribution < 1.29 is 27.4 Å². The van der Waals surface area contributed by atoms with Crippen molar-refractivity contribution in [2.24, 2.45) is 0 Å². The van der Waals surface area contributed by atoms with E-state index in [1.54, 1.807) is 18.2 Å². The van der Waals surface area contributed by atoms with E-state index in [0.717, 1.165) is 49.4 Å². The molecule has 2 N–H and O–H groups in total. The molecule has 8 nitrogen and oxygen atoms in total. The molecule has 2 aromatic carbocycles. The van der Waals surface area contributed by atoms with Crippen LogP contribution in [-0.4, -0.2) is 41.8 Å². The molecule has 2 amide bonds. The molecule has 38 heavy (non-hydrogen) atoms. The predicted molar refractivity (Wildman–Crippen MR) is 138 cm³/mol. The molecule has 3 aromatic rings. The summed E-state index contributed by atoms with van der Waals surface area (Å²) in [6.45, 7) is 2.53. The lowest BCUT2D eigenvalue weighted by atomic mass is 10.1. The molecule has 12 heteroatoms. The Hall–Kier alpha value is -3.41. The second-order valence-electron chi connectivity index (χ2n) is 8.92. The van der Waals surface area contributed by atoms with Gasteiger partial charge in [-0.3, -0.25) is 4.90 Å². The standard InChI is InChI=1S/C26H26F3N5O3.ClH/c27-26(28,29)18-2-1-3-20(13-18)33-25(35)34-9-6-17-12-22(4-5-23(17)34)37-24-14-21(31-16-32-24)15-30-19-7-10-36-11-8-19;/h1-5,12-14,16,19,30H,6-11,15H2,(H,33,35);1H. The zero-order chi connectivity index (χ0) is 25.8. The van der Waals surface area contributed by atoms with Gasteiger partial charge < -0.3 is 20.1 Å². The van der Waals surface area contributed by atoms with E-state index in [1.807, 2.05) is 6.07 Å². The van der Waals surface area contributed by atoms with E-state index in [9.17, 15) is 18.0 Å². The summed E-state index contributed by atoms with van der Waals surface area (Å²) >= 11 is 0. The molecule has 0 atom stereocenters. The van der Waals surface area contributed by atoms with Crippen LogP contribution < -0.4 is 20.3 Å². The molecule has 0 bridgehead atoms. The number of nitrogens with zero attached hydrogens (tertiary/aromatic N) is 3. The van der Waals surface area contributed by atoms with E-state index in [1.165, 1.54) is 23.4 Å². The molecular weight excluding hydrogens is 523 g/mol. The number of carbonyl (C=O) groups excluding carboxylic acids is 1. The number of amides is 2. The maximum Gasteiger partial charge on any atom is 0.416 e. The van der Waals surface area contributed by atoms with Gasteiger partial charge in [-0.25, -0.2) is 14.8 Å². The van der Waals surface area contributed by atoms with E-state index in [2.05, 4.69) is 20.6 Å². The molecule has 0 saturated carbocycles. The molecule has 3 heterocycles. The first kappa shape index (κ1) is 27.6. The lowest BCUT2D eigenvalue weighted by Gasteiger charge is -2.23. The van der Waals surface area contributed by atoms with Crippen molar-refractivity contribution in [2.75, 3.05) is 30.0 Å². The molecule has 1 saturated heterocycles. The molecule has 202 valence electrons. The van der Waals surface area contributed by atoms with Crippen molar-refractivity contribution in [3.63, 3.8) is 0 Å². The summed E-state index contributed by atoms with van der Waals surface area (Å²) in [7, 11) is 0. The van der Waals surface area contributed by atoms with Gasteiger partial charge in [-0.05, 0) is 61.2 Å². The third kappa shape index (κ3) is 6.72. The normalized spacial score (nSPS) is 15.5. The van der Waals surface area contributed by atoms with Gasteiger partial charge in [0.05, 0.1) is 11.3 Å². The Morgan fingerprint density at radius 2 is 1.92 bits per heavy atom. The van der Waals surface area contributed by atoms with Gasteiger partial charge in [-0.15, -0.1) is 12.4 Å². The molecule has 2 aliphatic heterocycles. The molecule has 1 aromatic heterocycles. The minimum atomic E-state index is -4.48. The average molecular weight is 550 g/mol. The van der Waals surface area contributed by atoms with E-state index < -0.39 is 17.8 Å². The Bertz CT molecular complexity index is 1270.